The number of nitrogens with one attached hydrogen (secondary N) is 1. The number of benzene rings is 2. The molecule has 1 N–H and O–H groups in total. The molecule has 0 amide bonds. The van der Waals surface area contributed by atoms with Crippen LogP contribution >= 0.6 is 0 Å². The molecule has 132 valence electrons. The summed E-state index contributed by atoms with van der Waals surface area (Å²) in [5, 5.41) is 3.72. The van der Waals surface area contributed by atoms with E-state index in [-0.39, 0.29) is 11.9 Å². The van der Waals surface area contributed by atoms with Gasteiger partial charge >= 0.3 is 0 Å². The predicted molar refractivity (Wildman–Crippen MR) is 99.2 cm³/mol. The molecule has 1 fully saturated rings. The zero-order valence-corrected chi connectivity index (χ0v) is 14.9. The second kappa shape index (κ2) is 7.28. The molecule has 1 spiro atoms. The third kappa shape index (κ3) is 3.50. The molecular formula is C22H27NO2. The van der Waals surface area contributed by atoms with Crippen LogP contribution in [0, 0.1) is 0 Å². The monoisotopic (exact) mass is 337 g/mol. The van der Waals surface area contributed by atoms with Crippen molar-refractivity contribution in [2.24, 2.45) is 0 Å². The van der Waals surface area contributed by atoms with Gasteiger partial charge in [-0.3, -0.25) is 0 Å². The fourth-order valence-corrected chi connectivity index (χ4v) is 4.34. The lowest BCUT2D eigenvalue weighted by molar-refractivity contribution is -0.224. The quantitative estimate of drug-likeness (QED) is 0.909. The van der Waals surface area contributed by atoms with Crippen molar-refractivity contribution >= 4 is 0 Å². The van der Waals surface area contributed by atoms with Crippen LogP contribution in [0.3, 0.4) is 0 Å². The van der Waals surface area contributed by atoms with Crippen LogP contribution in [0.1, 0.15) is 42.4 Å². The first kappa shape index (κ1) is 16.8. The Labute approximate surface area is 150 Å². The molecule has 1 heterocycles. The van der Waals surface area contributed by atoms with Crippen LogP contribution in [0.15, 0.2) is 54.6 Å². The van der Waals surface area contributed by atoms with E-state index in [0.717, 1.165) is 38.6 Å². The normalized spacial score (nSPS) is 28.7. The van der Waals surface area contributed by atoms with Gasteiger partial charge in [0.1, 0.15) is 0 Å². The summed E-state index contributed by atoms with van der Waals surface area (Å²) in [6.07, 6.45) is 5.11. The van der Waals surface area contributed by atoms with Crippen LogP contribution < -0.4 is 5.32 Å². The molecule has 1 atom stereocenters. The zero-order chi connectivity index (χ0) is 17.1. The molecule has 2 aromatic carbocycles. The third-order valence-electron chi connectivity index (χ3n) is 5.75. The molecule has 0 aromatic heterocycles. The largest absolute Gasteiger partial charge is 0.356 e. The van der Waals surface area contributed by atoms with Crippen molar-refractivity contribution < 1.29 is 9.47 Å². The second-order valence-corrected chi connectivity index (χ2v) is 7.28. The van der Waals surface area contributed by atoms with E-state index in [1.54, 1.807) is 7.11 Å². The minimum atomic E-state index is -0.166. The molecule has 3 heteroatoms. The summed E-state index contributed by atoms with van der Waals surface area (Å²) in [5.41, 5.74) is 3.95. The number of hydrogen-bond acceptors (Lipinski definition) is 3. The van der Waals surface area contributed by atoms with E-state index >= 15 is 0 Å². The molecule has 25 heavy (non-hydrogen) atoms. The smallest absolute Gasteiger partial charge is 0.162 e. The molecule has 0 saturated heterocycles. The van der Waals surface area contributed by atoms with Gasteiger partial charge in [-0.1, -0.05) is 54.6 Å². The second-order valence-electron chi connectivity index (χ2n) is 7.28. The minimum Gasteiger partial charge on any atom is -0.356 e. The van der Waals surface area contributed by atoms with Gasteiger partial charge in [-0.15, -0.1) is 0 Å². The number of methoxy groups -OCH3 is 1. The SMILES string of the molecule is COC1Cc2ccccc2C2(CCC(NCc3ccccc3)CC2)O1. The van der Waals surface area contributed by atoms with Crippen molar-refractivity contribution in [3.63, 3.8) is 0 Å². The molecule has 2 aromatic rings. The van der Waals surface area contributed by atoms with Gasteiger partial charge in [-0.05, 0) is 42.4 Å². The van der Waals surface area contributed by atoms with Gasteiger partial charge in [0.15, 0.2) is 6.29 Å². The van der Waals surface area contributed by atoms with Crippen molar-refractivity contribution in [2.75, 3.05) is 7.11 Å². The lowest BCUT2D eigenvalue weighted by atomic mass is 9.74. The first-order valence-corrected chi connectivity index (χ1v) is 9.35. The summed E-state index contributed by atoms with van der Waals surface area (Å²) in [4.78, 5) is 0. The summed E-state index contributed by atoms with van der Waals surface area (Å²) in [6, 6.07) is 19.9. The molecule has 0 bridgehead atoms. The van der Waals surface area contributed by atoms with Crippen LogP contribution in [-0.4, -0.2) is 19.4 Å². The number of rotatable bonds is 4. The highest BCUT2D eigenvalue weighted by molar-refractivity contribution is 5.35. The van der Waals surface area contributed by atoms with E-state index in [2.05, 4.69) is 59.9 Å². The van der Waals surface area contributed by atoms with E-state index in [4.69, 9.17) is 9.47 Å². The van der Waals surface area contributed by atoms with E-state index in [0.29, 0.717) is 6.04 Å². The highest BCUT2D eigenvalue weighted by atomic mass is 16.7. The van der Waals surface area contributed by atoms with Crippen LogP contribution in [0.25, 0.3) is 0 Å². The van der Waals surface area contributed by atoms with Gasteiger partial charge < -0.3 is 14.8 Å². The highest BCUT2D eigenvalue weighted by Crippen LogP contribution is 2.46. The Kier molecular flexibility index (Phi) is 4.89. The van der Waals surface area contributed by atoms with E-state index in [1.807, 2.05) is 0 Å². The molecule has 1 unspecified atom stereocenters. The summed E-state index contributed by atoms with van der Waals surface area (Å²) < 4.78 is 12.0. The van der Waals surface area contributed by atoms with Gasteiger partial charge in [0.2, 0.25) is 0 Å². The molecule has 1 aliphatic carbocycles. The maximum Gasteiger partial charge on any atom is 0.162 e. The first-order valence-electron chi connectivity index (χ1n) is 9.35. The van der Waals surface area contributed by atoms with E-state index in [1.165, 1.54) is 16.7 Å². The van der Waals surface area contributed by atoms with Crippen molar-refractivity contribution in [1.82, 2.24) is 5.32 Å². The molecule has 1 aliphatic heterocycles. The van der Waals surface area contributed by atoms with Crippen molar-refractivity contribution in [1.29, 1.82) is 0 Å². The topological polar surface area (TPSA) is 30.5 Å². The summed E-state index contributed by atoms with van der Waals surface area (Å²) >= 11 is 0. The first-order chi connectivity index (χ1) is 12.3. The highest BCUT2D eigenvalue weighted by Gasteiger charge is 2.43. The van der Waals surface area contributed by atoms with Crippen LogP contribution in [0.4, 0.5) is 0 Å². The van der Waals surface area contributed by atoms with Crippen LogP contribution in [0.2, 0.25) is 0 Å². The van der Waals surface area contributed by atoms with Crippen molar-refractivity contribution in [2.45, 2.75) is 56.6 Å². The fourth-order valence-electron chi connectivity index (χ4n) is 4.34. The minimum absolute atomic E-state index is 0.122. The Hall–Kier alpha value is -1.68. The average molecular weight is 337 g/mol. The fraction of sp³-hybridized carbons (Fsp3) is 0.455. The molecule has 2 aliphatic rings. The molecule has 0 radical (unpaired) electrons. The Morgan fingerprint density at radius 1 is 1.04 bits per heavy atom. The van der Waals surface area contributed by atoms with Gasteiger partial charge in [0.25, 0.3) is 0 Å². The van der Waals surface area contributed by atoms with Crippen molar-refractivity contribution in [3.8, 4) is 0 Å². The molecule has 1 saturated carbocycles. The molecule has 3 nitrogen and oxygen atoms in total. The summed E-state index contributed by atoms with van der Waals surface area (Å²) in [7, 11) is 1.75. The lowest BCUT2D eigenvalue weighted by Gasteiger charge is -2.46. The Balaban J connectivity index is 1.43. The number of hydrogen-bond donors (Lipinski definition) is 1. The standard InChI is InChI=1S/C22H27NO2/c1-24-21-15-18-9-5-6-10-20(18)22(25-21)13-11-19(12-14-22)23-16-17-7-3-2-4-8-17/h2-10,19,21,23H,11-16H2,1H3. The van der Waals surface area contributed by atoms with Gasteiger partial charge in [-0.2, -0.15) is 0 Å². The summed E-state index contributed by atoms with van der Waals surface area (Å²) in [5.74, 6) is 0. The Morgan fingerprint density at radius 3 is 2.52 bits per heavy atom. The molecular weight excluding hydrogens is 310 g/mol. The third-order valence-corrected chi connectivity index (χ3v) is 5.75. The Bertz CT molecular complexity index is 692. The maximum atomic E-state index is 6.45. The van der Waals surface area contributed by atoms with Crippen LogP contribution in [0.5, 0.6) is 0 Å². The molecule has 4 rings (SSSR count). The summed E-state index contributed by atoms with van der Waals surface area (Å²) in [6.45, 7) is 0.941. The van der Waals surface area contributed by atoms with E-state index in [9.17, 15) is 0 Å². The number of fused-ring (bicyclic) bond motifs is 2. The predicted octanol–water partition coefficient (Wildman–Crippen LogP) is 4.16. The average Bonchev–Trinajstić information content (AvgIpc) is 2.68. The Morgan fingerprint density at radius 2 is 1.76 bits per heavy atom. The van der Waals surface area contributed by atoms with Gasteiger partial charge in [0, 0.05) is 26.1 Å². The lowest BCUT2D eigenvalue weighted by Crippen LogP contribution is -2.46. The maximum absolute atomic E-state index is 6.45. The number of ether oxygens (including phenoxy) is 2. The van der Waals surface area contributed by atoms with Gasteiger partial charge in [-0.25, -0.2) is 0 Å². The van der Waals surface area contributed by atoms with Crippen molar-refractivity contribution in [3.05, 3.63) is 71.3 Å². The zero-order valence-electron chi connectivity index (χ0n) is 14.9. The van der Waals surface area contributed by atoms with Gasteiger partial charge in [0.05, 0.1) is 5.60 Å². The van der Waals surface area contributed by atoms with Crippen LogP contribution in [-0.2, 0) is 28.0 Å². The van der Waals surface area contributed by atoms with E-state index < -0.39 is 0 Å².